The molecular formula is C31H47N7O8. The molecule has 0 spiro atoms. The van der Waals surface area contributed by atoms with Gasteiger partial charge in [0.15, 0.2) is 5.78 Å². The van der Waals surface area contributed by atoms with Crippen molar-refractivity contribution in [3.63, 3.8) is 0 Å². The smallest absolute Gasteiger partial charge is 0.407 e. The van der Waals surface area contributed by atoms with Crippen LogP contribution in [0.1, 0.15) is 71.8 Å². The van der Waals surface area contributed by atoms with Gasteiger partial charge in [0.05, 0.1) is 6.04 Å². The summed E-state index contributed by atoms with van der Waals surface area (Å²) in [4.78, 5) is 87.3. The van der Waals surface area contributed by atoms with Crippen LogP contribution >= 0.6 is 0 Å². The Morgan fingerprint density at radius 2 is 1.70 bits per heavy atom. The van der Waals surface area contributed by atoms with Crippen LogP contribution in [0.4, 0.5) is 15.3 Å². The maximum atomic E-state index is 13.2. The van der Waals surface area contributed by atoms with Gasteiger partial charge in [-0.25, -0.2) is 9.59 Å². The van der Waals surface area contributed by atoms with Crippen LogP contribution in [0, 0.1) is 5.92 Å². The number of nitrogens with two attached hydrogens (primary N) is 1. The van der Waals surface area contributed by atoms with E-state index in [4.69, 9.17) is 10.5 Å². The fourth-order valence-corrected chi connectivity index (χ4v) is 4.91. The standard InChI is InChI=1S/C31H47N7O8/c1-5-8-25(40)37-27(19(2)3)29(43)36-23(9-6-15-33-30(32)44)28(42)35-22-13-11-21(12-14-22)18-46-31(45)34-17-26(41)38-16-7-10-24(38)20(4)39/h11-14,19,23-24,27H,5-10,15-18H2,1-4H3,(H,34,45)(H,35,42)(H,36,43)(H,37,40)(H3,32,33,44)/t23-,24+,27-/m0/s1. The van der Waals surface area contributed by atoms with E-state index in [1.165, 1.54) is 11.8 Å². The van der Waals surface area contributed by atoms with Gasteiger partial charge >= 0.3 is 12.1 Å². The second kappa shape index (κ2) is 19.0. The predicted octanol–water partition coefficient (Wildman–Crippen LogP) is 1.31. The number of ether oxygens (including phenoxy) is 1. The van der Waals surface area contributed by atoms with E-state index in [1.54, 1.807) is 38.1 Å². The monoisotopic (exact) mass is 645 g/mol. The zero-order valence-electron chi connectivity index (χ0n) is 27.0. The van der Waals surface area contributed by atoms with Crippen molar-refractivity contribution in [2.45, 2.75) is 91.0 Å². The third kappa shape index (κ3) is 12.7. The molecule has 0 aromatic heterocycles. The number of likely N-dealkylation sites (tertiary alicyclic amines) is 1. The summed E-state index contributed by atoms with van der Waals surface area (Å²) in [5.41, 5.74) is 6.14. The molecule has 0 saturated carbocycles. The van der Waals surface area contributed by atoms with Crippen molar-refractivity contribution in [2.24, 2.45) is 11.7 Å². The molecule has 46 heavy (non-hydrogen) atoms. The van der Waals surface area contributed by atoms with Crippen LogP contribution in [-0.4, -0.2) is 84.2 Å². The maximum absolute atomic E-state index is 13.2. The number of primary amides is 1. The minimum Gasteiger partial charge on any atom is -0.445 e. The zero-order valence-corrected chi connectivity index (χ0v) is 27.0. The number of urea groups is 1. The molecule has 254 valence electrons. The molecule has 15 nitrogen and oxygen atoms in total. The summed E-state index contributed by atoms with van der Waals surface area (Å²) in [5.74, 6) is -1.94. The van der Waals surface area contributed by atoms with Crippen molar-refractivity contribution >= 4 is 47.2 Å². The number of anilines is 1. The van der Waals surface area contributed by atoms with E-state index in [2.05, 4.69) is 26.6 Å². The van der Waals surface area contributed by atoms with Gasteiger partial charge in [-0.15, -0.1) is 0 Å². The van der Waals surface area contributed by atoms with Gasteiger partial charge in [-0.2, -0.15) is 0 Å². The second-order valence-corrected chi connectivity index (χ2v) is 11.5. The number of hydrogen-bond donors (Lipinski definition) is 6. The zero-order chi connectivity index (χ0) is 34.2. The highest BCUT2D eigenvalue weighted by atomic mass is 16.5. The Morgan fingerprint density at radius 3 is 2.30 bits per heavy atom. The van der Waals surface area contributed by atoms with Gasteiger partial charge in [0.25, 0.3) is 0 Å². The third-order valence-corrected chi connectivity index (χ3v) is 7.36. The van der Waals surface area contributed by atoms with Crippen LogP contribution in [0.3, 0.4) is 0 Å². The highest BCUT2D eigenvalue weighted by molar-refractivity contribution is 5.98. The molecule has 1 aliphatic heterocycles. The Bertz CT molecular complexity index is 1240. The summed E-state index contributed by atoms with van der Waals surface area (Å²) in [6, 6.07) is 3.49. The van der Waals surface area contributed by atoms with Crippen LogP contribution in [0.25, 0.3) is 0 Å². The minimum absolute atomic E-state index is 0.0848. The van der Waals surface area contributed by atoms with Gasteiger partial charge in [0.1, 0.15) is 25.2 Å². The Hall–Kier alpha value is -4.69. The SMILES string of the molecule is CCCC(=O)N[C@H](C(=O)N[C@@H](CCCNC(N)=O)C(=O)Nc1ccc(COC(=O)NCC(=O)N2CCC[C@@H]2C(C)=O)cc1)C(C)C. The van der Waals surface area contributed by atoms with Crippen LogP contribution < -0.4 is 32.3 Å². The Kier molecular flexibility index (Phi) is 15.5. The van der Waals surface area contributed by atoms with Crippen molar-refractivity contribution in [1.82, 2.24) is 26.2 Å². The molecule has 1 saturated heterocycles. The highest BCUT2D eigenvalue weighted by Crippen LogP contribution is 2.18. The summed E-state index contributed by atoms with van der Waals surface area (Å²) in [6.07, 6.45) is 1.97. The Morgan fingerprint density at radius 1 is 1.00 bits per heavy atom. The van der Waals surface area contributed by atoms with E-state index in [0.29, 0.717) is 37.1 Å². The Balaban J connectivity index is 1.94. The largest absolute Gasteiger partial charge is 0.445 e. The first kappa shape index (κ1) is 37.5. The lowest BCUT2D eigenvalue weighted by molar-refractivity contribution is -0.136. The molecule has 1 aromatic rings. The van der Waals surface area contributed by atoms with E-state index in [9.17, 15) is 33.6 Å². The fraction of sp³-hybridized carbons (Fsp3) is 0.581. The molecule has 1 fully saturated rings. The molecule has 0 radical (unpaired) electrons. The van der Waals surface area contributed by atoms with Gasteiger partial charge in [-0.1, -0.05) is 32.9 Å². The van der Waals surface area contributed by atoms with E-state index in [-0.39, 0.29) is 56.1 Å². The number of ketones is 1. The van der Waals surface area contributed by atoms with Crippen molar-refractivity contribution in [3.05, 3.63) is 29.8 Å². The van der Waals surface area contributed by atoms with Crippen LogP contribution in [-0.2, 0) is 35.3 Å². The molecule has 1 heterocycles. The number of amides is 7. The van der Waals surface area contributed by atoms with Gasteiger partial charge in [0.2, 0.25) is 23.6 Å². The first-order chi connectivity index (χ1) is 21.8. The molecule has 1 aromatic carbocycles. The van der Waals surface area contributed by atoms with Gasteiger partial charge in [-0.05, 0) is 62.6 Å². The first-order valence-corrected chi connectivity index (χ1v) is 15.6. The summed E-state index contributed by atoms with van der Waals surface area (Å²) in [6.45, 7) is 7.16. The third-order valence-electron chi connectivity index (χ3n) is 7.36. The van der Waals surface area contributed by atoms with Gasteiger partial charge in [0, 0.05) is 25.2 Å². The average Bonchev–Trinajstić information content (AvgIpc) is 3.50. The topological polar surface area (TPSA) is 218 Å². The van der Waals surface area contributed by atoms with Crippen molar-refractivity contribution in [3.8, 4) is 0 Å². The first-order valence-electron chi connectivity index (χ1n) is 15.6. The lowest BCUT2D eigenvalue weighted by Crippen LogP contribution is -2.54. The van der Waals surface area contributed by atoms with E-state index in [0.717, 1.165) is 6.42 Å². The lowest BCUT2D eigenvalue weighted by atomic mass is 10.0. The number of carbonyl (C=O) groups excluding carboxylic acids is 7. The van der Waals surface area contributed by atoms with E-state index >= 15 is 0 Å². The molecule has 1 aliphatic rings. The number of nitrogens with zero attached hydrogens (tertiary/aromatic N) is 1. The van der Waals surface area contributed by atoms with Gasteiger partial charge in [-0.3, -0.25) is 24.0 Å². The van der Waals surface area contributed by atoms with E-state index in [1.807, 2.05) is 6.92 Å². The lowest BCUT2D eigenvalue weighted by Gasteiger charge is -2.25. The molecule has 0 aliphatic carbocycles. The van der Waals surface area contributed by atoms with Crippen molar-refractivity contribution < 1.29 is 38.3 Å². The number of benzene rings is 1. The summed E-state index contributed by atoms with van der Waals surface area (Å²) >= 11 is 0. The second-order valence-electron chi connectivity index (χ2n) is 11.5. The molecule has 3 atom stereocenters. The molecule has 0 unspecified atom stereocenters. The number of alkyl carbamates (subject to hydrolysis) is 1. The van der Waals surface area contributed by atoms with Crippen LogP contribution in [0.15, 0.2) is 24.3 Å². The molecular weight excluding hydrogens is 598 g/mol. The van der Waals surface area contributed by atoms with Gasteiger partial charge < -0.3 is 42.0 Å². The summed E-state index contributed by atoms with van der Waals surface area (Å²) in [5, 5.41) is 13.1. The summed E-state index contributed by atoms with van der Waals surface area (Å²) in [7, 11) is 0. The quantitative estimate of drug-likeness (QED) is 0.135. The highest BCUT2D eigenvalue weighted by Gasteiger charge is 2.32. The van der Waals surface area contributed by atoms with Crippen molar-refractivity contribution in [2.75, 3.05) is 25.0 Å². The fourth-order valence-electron chi connectivity index (χ4n) is 4.91. The van der Waals surface area contributed by atoms with Crippen LogP contribution in [0.2, 0.25) is 0 Å². The van der Waals surface area contributed by atoms with Crippen LogP contribution in [0.5, 0.6) is 0 Å². The number of carbonyl (C=O) groups is 7. The van der Waals surface area contributed by atoms with Crippen molar-refractivity contribution in [1.29, 1.82) is 0 Å². The molecule has 7 N–H and O–H groups in total. The number of Topliss-reactive ketones (excluding diaryl/α,β-unsaturated/α-hetero) is 1. The Labute approximate surface area is 269 Å². The molecule has 7 amide bonds. The molecule has 2 rings (SSSR count). The normalized spacial score (nSPS) is 15.3. The molecule has 15 heteroatoms. The molecule has 0 bridgehead atoms. The maximum Gasteiger partial charge on any atom is 0.407 e. The number of hydrogen-bond acceptors (Lipinski definition) is 8. The number of rotatable bonds is 17. The number of nitrogens with one attached hydrogen (secondary N) is 5. The average molecular weight is 646 g/mol. The van der Waals surface area contributed by atoms with E-state index < -0.39 is 42.1 Å². The predicted molar refractivity (Wildman–Crippen MR) is 169 cm³/mol. The summed E-state index contributed by atoms with van der Waals surface area (Å²) < 4.78 is 5.18. The minimum atomic E-state index is -0.979.